The SMILES string of the molecule is CCCCOc1ccc(-c2n[nH]nc2C(N)=O)cc1. The van der Waals surface area contributed by atoms with Gasteiger partial charge in [0.2, 0.25) is 0 Å². The molecule has 0 fully saturated rings. The summed E-state index contributed by atoms with van der Waals surface area (Å²) in [5, 5.41) is 10.1. The third-order valence-electron chi connectivity index (χ3n) is 2.68. The summed E-state index contributed by atoms with van der Waals surface area (Å²) in [5.41, 5.74) is 6.58. The van der Waals surface area contributed by atoms with Gasteiger partial charge in [-0.2, -0.15) is 15.4 Å². The number of aromatic amines is 1. The van der Waals surface area contributed by atoms with Crippen LogP contribution in [0.1, 0.15) is 30.3 Å². The number of primary amides is 1. The lowest BCUT2D eigenvalue weighted by Gasteiger charge is -2.05. The molecule has 19 heavy (non-hydrogen) atoms. The van der Waals surface area contributed by atoms with Gasteiger partial charge in [-0.05, 0) is 30.7 Å². The van der Waals surface area contributed by atoms with Crippen LogP contribution in [0.4, 0.5) is 0 Å². The second-order valence-corrected chi connectivity index (χ2v) is 4.11. The molecule has 1 amide bonds. The van der Waals surface area contributed by atoms with Crippen molar-refractivity contribution >= 4 is 5.91 Å². The summed E-state index contributed by atoms with van der Waals surface area (Å²) >= 11 is 0. The van der Waals surface area contributed by atoms with Gasteiger partial charge in [0, 0.05) is 5.56 Å². The molecule has 0 aliphatic rings. The Hall–Kier alpha value is -2.37. The van der Waals surface area contributed by atoms with Crippen LogP contribution in [-0.2, 0) is 0 Å². The smallest absolute Gasteiger partial charge is 0.271 e. The van der Waals surface area contributed by atoms with Crippen molar-refractivity contribution in [2.45, 2.75) is 19.8 Å². The maximum absolute atomic E-state index is 11.2. The molecule has 0 saturated heterocycles. The van der Waals surface area contributed by atoms with Crippen LogP contribution in [-0.4, -0.2) is 27.9 Å². The Morgan fingerprint density at radius 3 is 2.68 bits per heavy atom. The van der Waals surface area contributed by atoms with Crippen molar-refractivity contribution < 1.29 is 9.53 Å². The lowest BCUT2D eigenvalue weighted by Crippen LogP contribution is -2.12. The topological polar surface area (TPSA) is 93.9 Å². The summed E-state index contributed by atoms with van der Waals surface area (Å²) in [4.78, 5) is 11.2. The van der Waals surface area contributed by atoms with E-state index in [1.165, 1.54) is 0 Å². The quantitative estimate of drug-likeness (QED) is 0.774. The van der Waals surface area contributed by atoms with E-state index in [4.69, 9.17) is 10.5 Å². The lowest BCUT2D eigenvalue weighted by molar-refractivity contribution is 0.0996. The zero-order chi connectivity index (χ0) is 13.7. The fourth-order valence-electron chi connectivity index (χ4n) is 1.65. The van der Waals surface area contributed by atoms with Crippen LogP contribution in [0.25, 0.3) is 11.3 Å². The molecular weight excluding hydrogens is 244 g/mol. The first-order valence-electron chi connectivity index (χ1n) is 6.16. The number of carbonyl (C=O) groups excluding carboxylic acids is 1. The molecule has 0 saturated carbocycles. The van der Waals surface area contributed by atoms with Gasteiger partial charge in [-0.1, -0.05) is 13.3 Å². The van der Waals surface area contributed by atoms with Crippen LogP contribution < -0.4 is 10.5 Å². The number of rotatable bonds is 6. The van der Waals surface area contributed by atoms with Crippen molar-refractivity contribution in [1.82, 2.24) is 15.4 Å². The monoisotopic (exact) mass is 260 g/mol. The molecule has 0 unspecified atom stereocenters. The van der Waals surface area contributed by atoms with Crippen molar-refractivity contribution in [3.05, 3.63) is 30.0 Å². The number of hydrogen-bond donors (Lipinski definition) is 2. The summed E-state index contributed by atoms with van der Waals surface area (Å²) in [6.07, 6.45) is 2.12. The van der Waals surface area contributed by atoms with E-state index in [0.717, 1.165) is 24.2 Å². The summed E-state index contributed by atoms with van der Waals surface area (Å²) in [6.45, 7) is 2.81. The van der Waals surface area contributed by atoms with E-state index < -0.39 is 5.91 Å². The van der Waals surface area contributed by atoms with E-state index in [2.05, 4.69) is 22.3 Å². The zero-order valence-corrected chi connectivity index (χ0v) is 10.7. The second-order valence-electron chi connectivity index (χ2n) is 4.11. The van der Waals surface area contributed by atoms with Crippen LogP contribution >= 0.6 is 0 Å². The molecule has 0 aliphatic heterocycles. The predicted octanol–water partition coefficient (Wildman–Crippen LogP) is 1.75. The number of carbonyl (C=O) groups is 1. The molecule has 0 aliphatic carbocycles. The molecule has 3 N–H and O–H groups in total. The molecule has 2 rings (SSSR count). The van der Waals surface area contributed by atoms with Crippen LogP contribution in [0.3, 0.4) is 0 Å². The van der Waals surface area contributed by atoms with E-state index in [1.54, 1.807) is 0 Å². The van der Waals surface area contributed by atoms with Gasteiger partial charge in [-0.3, -0.25) is 4.79 Å². The van der Waals surface area contributed by atoms with E-state index in [0.29, 0.717) is 12.3 Å². The van der Waals surface area contributed by atoms with Gasteiger partial charge in [-0.25, -0.2) is 0 Å². The van der Waals surface area contributed by atoms with Crippen molar-refractivity contribution in [2.24, 2.45) is 5.73 Å². The van der Waals surface area contributed by atoms with Crippen LogP contribution in [0.15, 0.2) is 24.3 Å². The molecule has 2 aromatic rings. The average Bonchev–Trinajstić information content (AvgIpc) is 2.89. The van der Waals surface area contributed by atoms with Gasteiger partial charge >= 0.3 is 0 Å². The van der Waals surface area contributed by atoms with Crippen LogP contribution in [0, 0.1) is 0 Å². The number of nitrogens with two attached hydrogens (primary N) is 1. The molecule has 1 aromatic heterocycles. The molecule has 0 spiro atoms. The minimum absolute atomic E-state index is 0.139. The van der Waals surface area contributed by atoms with Gasteiger partial charge in [0.05, 0.1) is 6.61 Å². The van der Waals surface area contributed by atoms with Gasteiger partial charge < -0.3 is 10.5 Å². The number of ether oxygens (including phenoxy) is 1. The second kappa shape index (κ2) is 5.99. The standard InChI is InChI=1S/C13H16N4O2/c1-2-3-8-19-10-6-4-9(5-7-10)11-12(13(14)18)16-17-15-11/h4-7H,2-3,8H2,1H3,(H2,14,18)(H,15,16,17). The van der Waals surface area contributed by atoms with Gasteiger partial charge in [0.25, 0.3) is 5.91 Å². The van der Waals surface area contributed by atoms with Crippen LogP contribution in [0.5, 0.6) is 5.75 Å². The summed E-state index contributed by atoms with van der Waals surface area (Å²) in [5.74, 6) is 0.188. The Bertz CT molecular complexity index is 548. The number of hydrogen-bond acceptors (Lipinski definition) is 4. The molecule has 0 bridgehead atoms. The highest BCUT2D eigenvalue weighted by atomic mass is 16.5. The summed E-state index contributed by atoms with van der Waals surface area (Å²) in [7, 11) is 0. The minimum atomic E-state index is -0.605. The van der Waals surface area contributed by atoms with Crippen molar-refractivity contribution in [2.75, 3.05) is 6.61 Å². The molecule has 1 aromatic carbocycles. The first-order valence-corrected chi connectivity index (χ1v) is 6.16. The van der Waals surface area contributed by atoms with Gasteiger partial charge in [-0.15, -0.1) is 0 Å². The maximum Gasteiger partial charge on any atom is 0.271 e. The Kier molecular flexibility index (Phi) is 4.12. The maximum atomic E-state index is 11.2. The van der Waals surface area contributed by atoms with E-state index in [-0.39, 0.29) is 5.69 Å². The lowest BCUT2D eigenvalue weighted by atomic mass is 10.1. The van der Waals surface area contributed by atoms with Crippen LogP contribution in [0.2, 0.25) is 0 Å². The zero-order valence-electron chi connectivity index (χ0n) is 10.7. The third-order valence-corrected chi connectivity index (χ3v) is 2.68. The van der Waals surface area contributed by atoms with E-state index in [9.17, 15) is 4.79 Å². The largest absolute Gasteiger partial charge is 0.494 e. The first-order chi connectivity index (χ1) is 9.22. The fraction of sp³-hybridized carbons (Fsp3) is 0.308. The number of H-pyrrole nitrogens is 1. The number of amides is 1. The van der Waals surface area contributed by atoms with E-state index in [1.807, 2.05) is 24.3 Å². The normalized spacial score (nSPS) is 10.4. The van der Waals surface area contributed by atoms with Gasteiger partial charge in [0.1, 0.15) is 11.4 Å². The highest BCUT2D eigenvalue weighted by Gasteiger charge is 2.14. The minimum Gasteiger partial charge on any atom is -0.494 e. The molecular formula is C13H16N4O2. The Morgan fingerprint density at radius 2 is 2.05 bits per heavy atom. The van der Waals surface area contributed by atoms with Crippen molar-refractivity contribution in [3.8, 4) is 17.0 Å². The highest BCUT2D eigenvalue weighted by Crippen LogP contribution is 2.22. The Balaban J connectivity index is 2.13. The summed E-state index contributed by atoms with van der Waals surface area (Å²) in [6, 6.07) is 7.33. The average molecular weight is 260 g/mol. The number of aromatic nitrogens is 3. The fourth-order valence-corrected chi connectivity index (χ4v) is 1.65. The molecule has 0 atom stereocenters. The first kappa shape index (κ1) is 13.1. The molecule has 6 heteroatoms. The van der Waals surface area contributed by atoms with E-state index >= 15 is 0 Å². The molecule has 0 radical (unpaired) electrons. The highest BCUT2D eigenvalue weighted by molar-refractivity contribution is 5.96. The van der Waals surface area contributed by atoms with Gasteiger partial charge in [0.15, 0.2) is 5.69 Å². The number of unbranched alkanes of at least 4 members (excludes halogenated alkanes) is 1. The molecule has 6 nitrogen and oxygen atoms in total. The Morgan fingerprint density at radius 1 is 1.32 bits per heavy atom. The summed E-state index contributed by atoms with van der Waals surface area (Å²) < 4.78 is 5.56. The predicted molar refractivity (Wildman–Crippen MR) is 70.7 cm³/mol. The number of nitrogens with zero attached hydrogens (tertiary/aromatic N) is 2. The Labute approximate surface area is 111 Å². The number of nitrogens with one attached hydrogen (secondary N) is 1. The molecule has 100 valence electrons. The molecule has 1 heterocycles. The third kappa shape index (κ3) is 3.09. The van der Waals surface area contributed by atoms with Crippen molar-refractivity contribution in [3.63, 3.8) is 0 Å². The number of benzene rings is 1. The van der Waals surface area contributed by atoms with Crippen molar-refractivity contribution in [1.29, 1.82) is 0 Å².